The molecule has 4 nitrogen and oxygen atoms in total. The lowest BCUT2D eigenvalue weighted by Crippen LogP contribution is -2.67. The quantitative estimate of drug-likeness (QED) is 0.603. The van der Waals surface area contributed by atoms with Gasteiger partial charge in [-0.2, -0.15) is 13.2 Å². The second-order valence-corrected chi connectivity index (χ2v) is 7.01. The molecule has 21 heavy (non-hydrogen) atoms. The smallest absolute Gasteiger partial charge is 0.422 e. The predicted octanol–water partition coefficient (Wildman–Crippen LogP) is 1.85. The largest absolute Gasteiger partial charge is 0.455 e. The van der Waals surface area contributed by atoms with E-state index < -0.39 is 34.5 Å². The Hall–Kier alpha value is -1.08. The minimum atomic E-state index is -4.84. The molecule has 2 N–H and O–H groups in total. The van der Waals surface area contributed by atoms with E-state index in [4.69, 9.17) is 4.74 Å². The number of hydrogen-bond acceptors (Lipinski definition) is 4. The Balaban J connectivity index is 1.82. The molecule has 0 aromatic heterocycles. The summed E-state index contributed by atoms with van der Waals surface area (Å²) >= 11 is 0. The number of carbonyl (C=O) groups is 1. The lowest BCUT2D eigenvalue weighted by atomic mass is 9.50. The second-order valence-electron chi connectivity index (χ2n) is 7.01. The summed E-state index contributed by atoms with van der Waals surface area (Å²) in [6, 6.07) is 0. The van der Waals surface area contributed by atoms with Crippen LogP contribution in [0, 0.1) is 5.92 Å². The van der Waals surface area contributed by atoms with E-state index >= 15 is 0 Å². The number of halogens is 3. The highest BCUT2D eigenvalue weighted by atomic mass is 19.4. The van der Waals surface area contributed by atoms with E-state index in [9.17, 15) is 28.2 Å². The monoisotopic (exact) mass is 306 g/mol. The molecule has 0 amide bonds. The van der Waals surface area contributed by atoms with Crippen molar-refractivity contribution in [2.45, 2.75) is 61.5 Å². The van der Waals surface area contributed by atoms with Gasteiger partial charge in [-0.15, -0.1) is 0 Å². The lowest BCUT2D eigenvalue weighted by Gasteiger charge is -2.62. The van der Waals surface area contributed by atoms with E-state index in [1.54, 1.807) is 0 Å². The van der Waals surface area contributed by atoms with Crippen molar-refractivity contribution >= 4 is 5.97 Å². The Morgan fingerprint density at radius 2 is 1.62 bits per heavy atom. The summed E-state index contributed by atoms with van der Waals surface area (Å²) < 4.78 is 42.6. The van der Waals surface area contributed by atoms with Crippen molar-refractivity contribution in [3.05, 3.63) is 12.2 Å². The zero-order valence-electron chi connectivity index (χ0n) is 11.4. The fraction of sp³-hybridized carbons (Fsp3) is 0.786. The molecule has 4 atom stereocenters. The van der Waals surface area contributed by atoms with Gasteiger partial charge in [0.25, 0.3) is 0 Å². The zero-order valence-corrected chi connectivity index (χ0v) is 11.4. The van der Waals surface area contributed by atoms with Gasteiger partial charge in [-0.25, -0.2) is 4.79 Å². The van der Waals surface area contributed by atoms with Crippen LogP contribution in [-0.2, 0) is 9.53 Å². The number of alkyl halides is 3. The third kappa shape index (κ3) is 2.46. The van der Waals surface area contributed by atoms with Gasteiger partial charge in [0, 0.05) is 19.3 Å². The first-order valence-corrected chi connectivity index (χ1v) is 6.89. The lowest BCUT2D eigenvalue weighted by molar-refractivity contribution is -0.261. The van der Waals surface area contributed by atoms with Crippen LogP contribution in [0.4, 0.5) is 13.2 Å². The molecule has 0 radical (unpaired) electrons. The van der Waals surface area contributed by atoms with Crippen LogP contribution in [0.25, 0.3) is 0 Å². The van der Waals surface area contributed by atoms with Crippen LogP contribution in [0.1, 0.15) is 38.5 Å². The van der Waals surface area contributed by atoms with Gasteiger partial charge in [-0.05, 0) is 25.2 Å². The Labute approximate surface area is 119 Å². The first kappa shape index (κ1) is 14.8. The van der Waals surface area contributed by atoms with Crippen molar-refractivity contribution in [3.8, 4) is 0 Å². The summed E-state index contributed by atoms with van der Waals surface area (Å²) in [7, 11) is 0. The summed E-state index contributed by atoms with van der Waals surface area (Å²) in [5.74, 6) is -1.56. The highest BCUT2D eigenvalue weighted by molar-refractivity contribution is 5.89. The van der Waals surface area contributed by atoms with E-state index in [0.717, 1.165) is 0 Å². The van der Waals surface area contributed by atoms with Crippen LogP contribution >= 0.6 is 0 Å². The van der Waals surface area contributed by atoms with Gasteiger partial charge in [0.15, 0.2) is 0 Å². The Kier molecular flexibility index (Phi) is 2.83. The van der Waals surface area contributed by atoms with Gasteiger partial charge >= 0.3 is 12.1 Å². The summed E-state index contributed by atoms with van der Waals surface area (Å²) in [6.45, 7) is 2.73. The number of ether oxygens (including phenoxy) is 1. The van der Waals surface area contributed by atoms with Crippen LogP contribution in [-0.4, -0.2) is 39.2 Å². The van der Waals surface area contributed by atoms with Gasteiger partial charge in [-0.3, -0.25) is 0 Å². The third-order valence-corrected chi connectivity index (χ3v) is 4.86. The highest BCUT2D eigenvalue weighted by Gasteiger charge is 2.64. The molecule has 0 aromatic carbocycles. The summed E-state index contributed by atoms with van der Waals surface area (Å²) in [5, 5.41) is 20.9. The van der Waals surface area contributed by atoms with Crippen molar-refractivity contribution < 1.29 is 32.9 Å². The van der Waals surface area contributed by atoms with Crippen LogP contribution in [0.5, 0.6) is 0 Å². The SMILES string of the molecule is C=C(C(=O)OC12CC3C[C@@](O)(C1)C[C@](O)(C3)C2)C(F)(F)F. The molecule has 0 aliphatic heterocycles. The first-order valence-electron chi connectivity index (χ1n) is 6.89. The normalized spacial score (nSPS) is 44.7. The molecule has 0 saturated heterocycles. The molecular weight excluding hydrogens is 289 g/mol. The first-order chi connectivity index (χ1) is 9.45. The fourth-order valence-corrected chi connectivity index (χ4v) is 4.74. The maximum atomic E-state index is 12.5. The molecule has 0 spiro atoms. The van der Waals surface area contributed by atoms with Crippen LogP contribution in [0.3, 0.4) is 0 Å². The number of rotatable bonds is 2. The number of carbonyl (C=O) groups excluding carboxylic acids is 1. The molecule has 0 aromatic rings. The summed E-state index contributed by atoms with van der Waals surface area (Å²) in [5.41, 5.74) is -5.09. The summed E-state index contributed by atoms with van der Waals surface area (Å²) in [6.07, 6.45) is -3.12. The highest BCUT2D eigenvalue weighted by Crippen LogP contribution is 2.60. The molecule has 4 rings (SSSR count). The maximum absolute atomic E-state index is 12.5. The van der Waals surface area contributed by atoms with Crippen molar-refractivity contribution in [3.63, 3.8) is 0 Å². The molecule has 4 saturated carbocycles. The predicted molar refractivity (Wildman–Crippen MR) is 65.1 cm³/mol. The van der Waals surface area contributed by atoms with Gasteiger partial charge in [0.05, 0.1) is 11.2 Å². The molecule has 4 fully saturated rings. The molecule has 4 bridgehead atoms. The Morgan fingerprint density at radius 3 is 2.05 bits per heavy atom. The van der Waals surface area contributed by atoms with Gasteiger partial charge in [0.2, 0.25) is 0 Å². The molecule has 4 aliphatic carbocycles. The van der Waals surface area contributed by atoms with Crippen molar-refractivity contribution in [2.24, 2.45) is 5.92 Å². The zero-order chi connectivity index (χ0) is 15.7. The van der Waals surface area contributed by atoms with Gasteiger partial charge in [0.1, 0.15) is 11.2 Å². The Morgan fingerprint density at radius 1 is 1.10 bits per heavy atom. The molecule has 118 valence electrons. The van der Waals surface area contributed by atoms with Crippen LogP contribution in [0.2, 0.25) is 0 Å². The average Bonchev–Trinajstić information content (AvgIpc) is 2.20. The van der Waals surface area contributed by atoms with E-state index in [1.807, 2.05) is 0 Å². The average molecular weight is 306 g/mol. The minimum Gasteiger partial charge on any atom is -0.455 e. The van der Waals surface area contributed by atoms with Gasteiger partial charge < -0.3 is 14.9 Å². The summed E-state index contributed by atoms with van der Waals surface area (Å²) in [4.78, 5) is 11.7. The molecule has 7 heteroatoms. The number of hydrogen-bond donors (Lipinski definition) is 2. The molecule has 2 unspecified atom stereocenters. The van der Waals surface area contributed by atoms with E-state index in [-0.39, 0.29) is 25.2 Å². The van der Waals surface area contributed by atoms with E-state index in [0.29, 0.717) is 19.3 Å². The van der Waals surface area contributed by atoms with Crippen molar-refractivity contribution in [2.75, 3.05) is 0 Å². The molecule has 0 heterocycles. The standard InChI is InChI=1S/C14H17F3O4/c1-8(14(15,16)17)10(18)21-13-4-9-2-11(19,6-13)5-12(20,3-9)7-13/h9,19-20H,1-7H2/t9?,11-,12+,13?. The molecular formula is C14H17F3O4. The van der Waals surface area contributed by atoms with Crippen molar-refractivity contribution in [1.29, 1.82) is 0 Å². The fourth-order valence-electron chi connectivity index (χ4n) is 4.74. The topological polar surface area (TPSA) is 66.8 Å². The third-order valence-electron chi connectivity index (χ3n) is 4.86. The number of esters is 1. The van der Waals surface area contributed by atoms with Crippen LogP contribution in [0.15, 0.2) is 12.2 Å². The van der Waals surface area contributed by atoms with E-state index in [2.05, 4.69) is 6.58 Å². The Bertz CT molecular complexity index is 495. The number of aliphatic hydroxyl groups is 2. The van der Waals surface area contributed by atoms with Gasteiger partial charge in [-0.1, -0.05) is 6.58 Å². The second kappa shape index (κ2) is 4.01. The maximum Gasteiger partial charge on any atom is 0.422 e. The minimum absolute atomic E-state index is 0.0387. The van der Waals surface area contributed by atoms with Crippen molar-refractivity contribution in [1.82, 2.24) is 0 Å². The molecule has 4 aliphatic rings. The van der Waals surface area contributed by atoms with Crippen LogP contribution < -0.4 is 0 Å². The van der Waals surface area contributed by atoms with E-state index in [1.165, 1.54) is 0 Å².